The first kappa shape index (κ1) is 15.8. The van der Waals surface area contributed by atoms with Crippen molar-refractivity contribution in [2.24, 2.45) is 0 Å². The lowest BCUT2D eigenvalue weighted by Gasteiger charge is -2.02. The van der Waals surface area contributed by atoms with E-state index >= 15 is 0 Å². The zero-order valence-corrected chi connectivity index (χ0v) is 14.2. The minimum atomic E-state index is -1.51. The van der Waals surface area contributed by atoms with Crippen LogP contribution < -0.4 is 4.72 Å². The number of nitrogens with zero attached hydrogens (tertiary/aromatic N) is 3. The Morgan fingerprint density at radius 1 is 1.24 bits per heavy atom. The van der Waals surface area contributed by atoms with E-state index in [-0.39, 0.29) is 0 Å². The smallest absolute Gasteiger partial charge is 0.160 e. The van der Waals surface area contributed by atoms with Crippen molar-refractivity contribution in [3.8, 4) is 5.82 Å². The van der Waals surface area contributed by atoms with Crippen LogP contribution in [-0.2, 0) is 11.0 Å². The zero-order chi connectivity index (χ0) is 17.4. The Morgan fingerprint density at radius 3 is 2.92 bits per heavy atom. The summed E-state index contributed by atoms with van der Waals surface area (Å²) in [5.74, 6) is 0.449. The average Bonchev–Trinajstić information content (AvgIpc) is 3.22. The van der Waals surface area contributed by atoms with Gasteiger partial charge >= 0.3 is 0 Å². The standard InChI is InChI=1S/C16H11ClFN5OS/c17-10-1-3-12-13(7-10)19-9-14(12)25(24)22-15-5-6-23(21-15)16-4-2-11(18)8-20-16/h1-9,19H,(H,21,22). The van der Waals surface area contributed by atoms with E-state index in [9.17, 15) is 8.60 Å². The van der Waals surface area contributed by atoms with E-state index in [1.807, 2.05) is 6.07 Å². The highest BCUT2D eigenvalue weighted by Crippen LogP contribution is 2.25. The molecule has 2 N–H and O–H groups in total. The van der Waals surface area contributed by atoms with Crippen LogP contribution in [-0.4, -0.2) is 24.0 Å². The molecule has 6 nitrogen and oxygen atoms in total. The molecule has 0 fully saturated rings. The second kappa shape index (κ2) is 6.30. The molecule has 1 unspecified atom stereocenters. The fourth-order valence-corrected chi connectivity index (χ4v) is 3.51. The maximum atomic E-state index is 12.9. The molecule has 1 atom stereocenters. The number of H-pyrrole nitrogens is 1. The van der Waals surface area contributed by atoms with Crippen LogP contribution in [0.1, 0.15) is 0 Å². The van der Waals surface area contributed by atoms with Crippen molar-refractivity contribution in [2.75, 3.05) is 4.72 Å². The predicted octanol–water partition coefficient (Wildman–Crippen LogP) is 3.68. The molecule has 1 aromatic carbocycles. The van der Waals surface area contributed by atoms with E-state index in [0.29, 0.717) is 21.6 Å². The highest BCUT2D eigenvalue weighted by Gasteiger charge is 2.12. The zero-order valence-electron chi connectivity index (χ0n) is 12.6. The van der Waals surface area contributed by atoms with Crippen LogP contribution in [0.5, 0.6) is 0 Å². The Kier molecular flexibility index (Phi) is 3.98. The number of rotatable bonds is 4. The SMILES string of the molecule is O=S(Nc1ccn(-c2ccc(F)cn2)n1)c1c[nH]c2cc(Cl)ccc12. The van der Waals surface area contributed by atoms with Crippen LogP contribution in [0, 0.1) is 5.82 Å². The van der Waals surface area contributed by atoms with Crippen LogP contribution in [0.4, 0.5) is 10.2 Å². The summed E-state index contributed by atoms with van der Waals surface area (Å²) in [6.45, 7) is 0. The number of benzene rings is 1. The minimum Gasteiger partial charge on any atom is -0.360 e. The third kappa shape index (κ3) is 3.13. The van der Waals surface area contributed by atoms with E-state index in [4.69, 9.17) is 11.6 Å². The van der Waals surface area contributed by atoms with Crippen molar-refractivity contribution < 1.29 is 8.60 Å². The van der Waals surface area contributed by atoms with Crippen molar-refractivity contribution in [3.05, 3.63) is 65.8 Å². The fraction of sp³-hybridized carbons (Fsp3) is 0. The molecule has 0 amide bonds. The monoisotopic (exact) mass is 375 g/mol. The Bertz CT molecular complexity index is 1080. The number of anilines is 1. The van der Waals surface area contributed by atoms with E-state index in [1.54, 1.807) is 30.6 Å². The van der Waals surface area contributed by atoms with Gasteiger partial charge in [0.2, 0.25) is 0 Å². The number of hydrogen-bond acceptors (Lipinski definition) is 3. The van der Waals surface area contributed by atoms with Crippen molar-refractivity contribution in [1.82, 2.24) is 19.7 Å². The van der Waals surface area contributed by atoms with Crippen molar-refractivity contribution in [3.63, 3.8) is 0 Å². The largest absolute Gasteiger partial charge is 0.360 e. The van der Waals surface area contributed by atoms with E-state index in [0.717, 1.165) is 17.1 Å². The van der Waals surface area contributed by atoms with Gasteiger partial charge in [0.15, 0.2) is 22.6 Å². The maximum absolute atomic E-state index is 12.9. The summed E-state index contributed by atoms with van der Waals surface area (Å²) in [7, 11) is -1.51. The van der Waals surface area contributed by atoms with Crippen LogP contribution in [0.2, 0.25) is 5.02 Å². The molecule has 0 aliphatic heterocycles. The van der Waals surface area contributed by atoms with Gasteiger partial charge in [-0.05, 0) is 24.3 Å². The Morgan fingerprint density at radius 2 is 2.12 bits per heavy atom. The van der Waals surface area contributed by atoms with Crippen LogP contribution in [0.3, 0.4) is 0 Å². The molecule has 126 valence electrons. The first-order chi connectivity index (χ1) is 12.1. The molecule has 0 aliphatic carbocycles. The quantitative estimate of drug-likeness (QED) is 0.571. The summed E-state index contributed by atoms with van der Waals surface area (Å²) >= 11 is 5.95. The number of nitrogens with one attached hydrogen (secondary N) is 2. The first-order valence-corrected chi connectivity index (χ1v) is 8.75. The molecule has 0 saturated carbocycles. The first-order valence-electron chi connectivity index (χ1n) is 7.23. The molecule has 9 heteroatoms. The number of hydrogen-bond donors (Lipinski definition) is 2. The lowest BCUT2D eigenvalue weighted by atomic mass is 10.2. The van der Waals surface area contributed by atoms with Crippen LogP contribution in [0.25, 0.3) is 16.7 Å². The second-order valence-corrected chi connectivity index (χ2v) is 6.81. The van der Waals surface area contributed by atoms with Crippen molar-refractivity contribution in [1.29, 1.82) is 0 Å². The molecule has 0 saturated heterocycles. The Hall–Kier alpha value is -2.71. The summed E-state index contributed by atoms with van der Waals surface area (Å²) < 4.78 is 29.8. The predicted molar refractivity (Wildman–Crippen MR) is 94.7 cm³/mol. The summed E-state index contributed by atoms with van der Waals surface area (Å²) in [5, 5.41) is 5.67. The molecular weight excluding hydrogens is 365 g/mol. The number of aromatic amines is 1. The normalized spacial score (nSPS) is 12.4. The summed E-state index contributed by atoms with van der Waals surface area (Å²) in [6.07, 6.45) is 4.43. The molecule has 0 bridgehead atoms. The van der Waals surface area contributed by atoms with Gasteiger partial charge in [-0.3, -0.25) is 4.72 Å². The lowest BCUT2D eigenvalue weighted by molar-refractivity contribution is 0.619. The van der Waals surface area contributed by atoms with Crippen molar-refractivity contribution >= 4 is 39.3 Å². The molecule has 3 aromatic heterocycles. The van der Waals surface area contributed by atoms with Gasteiger partial charge in [0.25, 0.3) is 0 Å². The average molecular weight is 376 g/mol. The van der Waals surface area contributed by atoms with Gasteiger partial charge < -0.3 is 4.98 Å². The molecule has 3 heterocycles. The molecule has 25 heavy (non-hydrogen) atoms. The summed E-state index contributed by atoms with van der Waals surface area (Å²) in [5.41, 5.74) is 0.804. The van der Waals surface area contributed by atoms with E-state index in [2.05, 4.69) is 19.8 Å². The molecule has 0 aliphatic rings. The highest BCUT2D eigenvalue weighted by atomic mass is 35.5. The van der Waals surface area contributed by atoms with Gasteiger partial charge in [-0.25, -0.2) is 18.3 Å². The van der Waals surface area contributed by atoms with Gasteiger partial charge in [-0.15, -0.1) is 5.10 Å². The molecule has 0 spiro atoms. The minimum absolute atomic E-state index is 0.410. The molecule has 0 radical (unpaired) electrons. The molecule has 4 aromatic rings. The topological polar surface area (TPSA) is 75.6 Å². The van der Waals surface area contributed by atoms with Crippen LogP contribution >= 0.6 is 11.6 Å². The highest BCUT2D eigenvalue weighted by molar-refractivity contribution is 7.86. The Balaban J connectivity index is 1.57. The lowest BCUT2D eigenvalue weighted by Crippen LogP contribution is -2.06. The third-order valence-electron chi connectivity index (χ3n) is 3.54. The Labute approximate surface area is 149 Å². The number of fused-ring (bicyclic) bond motifs is 1. The number of aromatic nitrogens is 4. The number of halogens is 2. The van der Waals surface area contributed by atoms with E-state index in [1.165, 1.54) is 16.8 Å². The van der Waals surface area contributed by atoms with E-state index < -0.39 is 16.8 Å². The van der Waals surface area contributed by atoms with Gasteiger partial charge in [-0.2, -0.15) is 0 Å². The second-order valence-electron chi connectivity index (χ2n) is 5.19. The molecular formula is C16H11ClFN5OS. The van der Waals surface area contributed by atoms with Gasteiger partial charge in [-0.1, -0.05) is 17.7 Å². The van der Waals surface area contributed by atoms with Gasteiger partial charge in [0.05, 0.1) is 11.1 Å². The van der Waals surface area contributed by atoms with Gasteiger partial charge in [0, 0.05) is 34.4 Å². The summed E-state index contributed by atoms with van der Waals surface area (Å²) in [4.78, 5) is 7.59. The van der Waals surface area contributed by atoms with Gasteiger partial charge in [0.1, 0.15) is 5.82 Å². The maximum Gasteiger partial charge on any atom is 0.160 e. The van der Waals surface area contributed by atoms with Crippen molar-refractivity contribution in [2.45, 2.75) is 4.90 Å². The summed E-state index contributed by atoms with van der Waals surface area (Å²) in [6, 6.07) is 9.79. The molecule has 4 rings (SSSR count). The third-order valence-corrected chi connectivity index (χ3v) is 4.91. The fourth-order valence-electron chi connectivity index (χ4n) is 2.38. The van der Waals surface area contributed by atoms with Crippen LogP contribution in [0.15, 0.2) is 59.9 Å². The number of pyridine rings is 1.